The number of fused-ring (bicyclic) bond motifs is 1. The molecule has 0 bridgehead atoms. The van der Waals surface area contributed by atoms with E-state index in [0.29, 0.717) is 47.7 Å². The summed E-state index contributed by atoms with van der Waals surface area (Å²) in [4.78, 5) is 47.7. The number of likely N-dealkylation sites (N-methyl/N-ethyl adjacent to an activating group) is 1. The molecule has 3 N–H and O–H groups in total. The predicted octanol–water partition coefficient (Wildman–Crippen LogP) is 0.761. The standard InChI is InChI=1S/C20H25N5O3/c1-4-16(24(2)3)20(28)25-10-9-14-15(11-25)22-18(23-19(14)27)13-7-5-12(6-8-13)17(21)26/h5-8,16H,4,9-11H2,1-3H3,(H2,21,26)(H,22,23,27). The smallest absolute Gasteiger partial charge is 0.254 e. The lowest BCUT2D eigenvalue weighted by Crippen LogP contribution is -2.48. The number of rotatable bonds is 5. The number of benzene rings is 1. The van der Waals surface area contributed by atoms with Crippen LogP contribution in [0.5, 0.6) is 0 Å². The number of carbonyl (C=O) groups excluding carboxylic acids is 2. The van der Waals surface area contributed by atoms with Gasteiger partial charge in [-0.15, -0.1) is 0 Å². The zero-order chi connectivity index (χ0) is 20.4. The quantitative estimate of drug-likeness (QED) is 0.792. The largest absolute Gasteiger partial charge is 0.366 e. The third kappa shape index (κ3) is 3.82. The zero-order valence-corrected chi connectivity index (χ0v) is 16.4. The van der Waals surface area contributed by atoms with Crippen molar-refractivity contribution in [2.45, 2.75) is 32.4 Å². The molecule has 8 nitrogen and oxygen atoms in total. The fourth-order valence-corrected chi connectivity index (χ4v) is 3.53. The van der Waals surface area contributed by atoms with Crippen molar-refractivity contribution in [1.29, 1.82) is 0 Å². The van der Waals surface area contributed by atoms with Gasteiger partial charge in [0.05, 0.1) is 18.3 Å². The van der Waals surface area contributed by atoms with E-state index < -0.39 is 5.91 Å². The number of hydrogen-bond donors (Lipinski definition) is 2. The molecule has 2 aromatic rings. The van der Waals surface area contributed by atoms with E-state index in [0.717, 1.165) is 6.42 Å². The second-order valence-electron chi connectivity index (χ2n) is 7.18. The third-order valence-electron chi connectivity index (χ3n) is 5.12. The second-order valence-corrected chi connectivity index (χ2v) is 7.18. The molecular weight excluding hydrogens is 358 g/mol. The van der Waals surface area contributed by atoms with Crippen molar-refractivity contribution in [1.82, 2.24) is 19.8 Å². The molecule has 0 spiro atoms. The molecule has 8 heteroatoms. The molecule has 1 unspecified atom stereocenters. The van der Waals surface area contributed by atoms with Crippen LogP contribution in [0.25, 0.3) is 11.4 Å². The maximum absolute atomic E-state index is 12.8. The third-order valence-corrected chi connectivity index (χ3v) is 5.12. The summed E-state index contributed by atoms with van der Waals surface area (Å²) in [5, 5.41) is 0. The van der Waals surface area contributed by atoms with Gasteiger partial charge in [-0.3, -0.25) is 19.3 Å². The minimum absolute atomic E-state index is 0.0487. The highest BCUT2D eigenvalue weighted by atomic mass is 16.2. The van der Waals surface area contributed by atoms with Gasteiger partial charge in [0, 0.05) is 23.2 Å². The molecule has 1 aromatic carbocycles. The number of hydrogen-bond acceptors (Lipinski definition) is 5. The molecule has 1 atom stereocenters. The molecule has 1 aromatic heterocycles. The summed E-state index contributed by atoms with van der Waals surface area (Å²) >= 11 is 0. The molecule has 2 amide bonds. The molecule has 0 radical (unpaired) electrons. The van der Waals surface area contributed by atoms with Gasteiger partial charge in [-0.2, -0.15) is 0 Å². The van der Waals surface area contributed by atoms with Crippen LogP contribution < -0.4 is 11.3 Å². The van der Waals surface area contributed by atoms with Gasteiger partial charge in [-0.25, -0.2) is 4.98 Å². The van der Waals surface area contributed by atoms with Crippen LogP contribution in [0.4, 0.5) is 0 Å². The van der Waals surface area contributed by atoms with Gasteiger partial charge in [0.25, 0.3) is 5.56 Å². The van der Waals surface area contributed by atoms with Crippen LogP contribution in [0, 0.1) is 0 Å². The minimum Gasteiger partial charge on any atom is -0.366 e. The topological polar surface area (TPSA) is 112 Å². The maximum atomic E-state index is 12.8. The van der Waals surface area contributed by atoms with Crippen molar-refractivity contribution in [3.8, 4) is 11.4 Å². The monoisotopic (exact) mass is 383 g/mol. The van der Waals surface area contributed by atoms with Crippen LogP contribution >= 0.6 is 0 Å². The van der Waals surface area contributed by atoms with E-state index in [2.05, 4.69) is 9.97 Å². The summed E-state index contributed by atoms with van der Waals surface area (Å²) in [5.74, 6) is -0.0553. The Morgan fingerprint density at radius 2 is 1.96 bits per heavy atom. The van der Waals surface area contributed by atoms with Crippen LogP contribution in [0.2, 0.25) is 0 Å². The first-order valence-electron chi connectivity index (χ1n) is 9.29. The number of nitrogens with zero attached hydrogens (tertiary/aromatic N) is 3. The minimum atomic E-state index is -0.515. The Morgan fingerprint density at radius 1 is 1.29 bits per heavy atom. The summed E-state index contributed by atoms with van der Waals surface area (Å²) in [6.07, 6.45) is 1.20. The van der Waals surface area contributed by atoms with Crippen molar-refractivity contribution < 1.29 is 9.59 Å². The van der Waals surface area contributed by atoms with E-state index in [1.54, 1.807) is 29.2 Å². The first kappa shape index (κ1) is 19.8. The number of nitrogens with two attached hydrogens (primary N) is 1. The number of H-pyrrole nitrogens is 1. The molecule has 1 aliphatic heterocycles. The van der Waals surface area contributed by atoms with Crippen molar-refractivity contribution in [2.75, 3.05) is 20.6 Å². The highest BCUT2D eigenvalue weighted by molar-refractivity contribution is 5.93. The number of aromatic nitrogens is 2. The van der Waals surface area contributed by atoms with Crippen molar-refractivity contribution >= 4 is 11.8 Å². The Kier molecular flexibility index (Phi) is 5.60. The Hall–Kier alpha value is -3.00. The molecule has 3 rings (SSSR count). The number of aromatic amines is 1. The van der Waals surface area contributed by atoms with E-state index in [4.69, 9.17) is 5.73 Å². The summed E-state index contributed by atoms with van der Waals surface area (Å²) in [7, 11) is 3.78. The normalized spacial score (nSPS) is 14.6. The van der Waals surface area contributed by atoms with Crippen molar-refractivity contribution in [3.63, 3.8) is 0 Å². The van der Waals surface area contributed by atoms with Crippen LogP contribution in [-0.4, -0.2) is 58.3 Å². The molecular formula is C20H25N5O3. The summed E-state index contributed by atoms with van der Waals surface area (Å²) in [5.41, 5.74) is 7.38. The second kappa shape index (κ2) is 7.93. The Morgan fingerprint density at radius 3 is 2.54 bits per heavy atom. The molecule has 2 heterocycles. The van der Waals surface area contributed by atoms with Gasteiger partial charge in [0.2, 0.25) is 11.8 Å². The highest BCUT2D eigenvalue weighted by Crippen LogP contribution is 2.20. The molecule has 0 aliphatic carbocycles. The molecule has 0 saturated heterocycles. The predicted molar refractivity (Wildman–Crippen MR) is 106 cm³/mol. The summed E-state index contributed by atoms with van der Waals surface area (Å²) in [6.45, 7) is 2.81. The maximum Gasteiger partial charge on any atom is 0.254 e. The van der Waals surface area contributed by atoms with E-state index >= 15 is 0 Å². The summed E-state index contributed by atoms with van der Waals surface area (Å²) in [6, 6.07) is 6.38. The average Bonchev–Trinajstić information content (AvgIpc) is 2.67. The number of carbonyl (C=O) groups is 2. The fraction of sp³-hybridized carbons (Fsp3) is 0.400. The van der Waals surface area contributed by atoms with Gasteiger partial charge in [0.1, 0.15) is 5.82 Å². The van der Waals surface area contributed by atoms with Crippen LogP contribution in [0.1, 0.15) is 35.0 Å². The fourth-order valence-electron chi connectivity index (χ4n) is 3.53. The van der Waals surface area contributed by atoms with Crippen LogP contribution in [0.15, 0.2) is 29.1 Å². The molecule has 0 fully saturated rings. The first-order chi connectivity index (χ1) is 13.3. The SMILES string of the molecule is CCC(C(=O)N1CCc2c(nc(-c3ccc(C(N)=O)cc3)[nH]c2=O)C1)N(C)C. The lowest BCUT2D eigenvalue weighted by atomic mass is 10.0. The van der Waals surface area contributed by atoms with Gasteiger partial charge in [0.15, 0.2) is 0 Å². The zero-order valence-electron chi connectivity index (χ0n) is 16.4. The van der Waals surface area contributed by atoms with Crippen LogP contribution in [0.3, 0.4) is 0 Å². The summed E-state index contributed by atoms with van der Waals surface area (Å²) < 4.78 is 0. The Labute approximate surface area is 163 Å². The lowest BCUT2D eigenvalue weighted by molar-refractivity contribution is -0.137. The van der Waals surface area contributed by atoms with Gasteiger partial charge >= 0.3 is 0 Å². The number of primary amides is 1. The van der Waals surface area contributed by atoms with E-state index in [-0.39, 0.29) is 17.5 Å². The lowest BCUT2D eigenvalue weighted by Gasteiger charge is -2.33. The Balaban J connectivity index is 1.90. The molecule has 0 saturated carbocycles. The Bertz CT molecular complexity index is 949. The van der Waals surface area contributed by atoms with Crippen LogP contribution in [-0.2, 0) is 17.8 Å². The average molecular weight is 383 g/mol. The van der Waals surface area contributed by atoms with E-state index in [1.807, 2.05) is 25.9 Å². The van der Waals surface area contributed by atoms with Gasteiger partial charge in [-0.05, 0) is 39.1 Å². The van der Waals surface area contributed by atoms with E-state index in [9.17, 15) is 14.4 Å². The number of nitrogens with one attached hydrogen (secondary N) is 1. The highest BCUT2D eigenvalue weighted by Gasteiger charge is 2.29. The number of amides is 2. The van der Waals surface area contributed by atoms with Gasteiger partial charge in [-0.1, -0.05) is 19.1 Å². The first-order valence-corrected chi connectivity index (χ1v) is 9.29. The molecule has 28 heavy (non-hydrogen) atoms. The van der Waals surface area contributed by atoms with E-state index in [1.165, 1.54) is 0 Å². The molecule has 1 aliphatic rings. The molecule has 148 valence electrons. The van der Waals surface area contributed by atoms with Crippen molar-refractivity contribution in [3.05, 3.63) is 51.4 Å². The van der Waals surface area contributed by atoms with Crippen molar-refractivity contribution in [2.24, 2.45) is 5.73 Å². The van der Waals surface area contributed by atoms with Gasteiger partial charge < -0.3 is 15.6 Å².